The Morgan fingerprint density at radius 2 is 1.69 bits per heavy atom. The highest BCUT2D eigenvalue weighted by atomic mass is 16.5. The third-order valence-electron chi connectivity index (χ3n) is 4.88. The smallest absolute Gasteiger partial charge is 0.354 e. The average Bonchev–Trinajstić information content (AvgIpc) is 2.78. The van der Waals surface area contributed by atoms with Gasteiger partial charge < -0.3 is 19.5 Å². The fraction of sp³-hybridized carbons (Fsp3) is 0.429. The van der Waals surface area contributed by atoms with Crippen molar-refractivity contribution in [2.45, 2.75) is 44.2 Å². The highest BCUT2D eigenvalue weighted by Gasteiger charge is 2.29. The molecule has 1 heterocycles. The maximum atomic E-state index is 12.7. The summed E-state index contributed by atoms with van der Waals surface area (Å²) < 4.78 is 16.3. The van der Waals surface area contributed by atoms with E-state index in [2.05, 4.69) is 15.3 Å². The molecule has 0 spiro atoms. The molecule has 154 valence electrons. The van der Waals surface area contributed by atoms with Crippen LogP contribution >= 0.6 is 0 Å². The number of anilines is 1. The van der Waals surface area contributed by atoms with Crippen LogP contribution in [0.15, 0.2) is 36.7 Å². The number of hydrogen-bond acceptors (Lipinski definition) is 8. The number of nitrogens with zero attached hydrogens (tertiary/aromatic N) is 2. The van der Waals surface area contributed by atoms with Gasteiger partial charge >= 0.3 is 5.97 Å². The van der Waals surface area contributed by atoms with E-state index in [0.29, 0.717) is 23.0 Å². The van der Waals surface area contributed by atoms with Crippen molar-refractivity contribution in [1.82, 2.24) is 9.97 Å². The van der Waals surface area contributed by atoms with Crippen LogP contribution in [0.1, 0.15) is 43.7 Å². The Morgan fingerprint density at radius 1 is 1.07 bits per heavy atom. The van der Waals surface area contributed by atoms with E-state index in [-0.39, 0.29) is 11.8 Å². The van der Waals surface area contributed by atoms with Crippen LogP contribution in [-0.4, -0.2) is 42.0 Å². The first-order chi connectivity index (χ1) is 14.1. The van der Waals surface area contributed by atoms with Gasteiger partial charge in [-0.25, -0.2) is 14.8 Å². The predicted octanol–water partition coefficient (Wildman–Crippen LogP) is 3.54. The molecule has 8 heteroatoms. The number of ether oxygens (including phenoxy) is 3. The van der Waals surface area contributed by atoms with Crippen molar-refractivity contribution in [2.75, 3.05) is 19.5 Å². The van der Waals surface area contributed by atoms with Gasteiger partial charge in [0.1, 0.15) is 29.4 Å². The number of methoxy groups -OCH3 is 2. The van der Waals surface area contributed by atoms with Crippen LogP contribution in [-0.2, 0) is 9.53 Å². The van der Waals surface area contributed by atoms with Gasteiger partial charge in [-0.15, -0.1) is 0 Å². The molecule has 1 atom stereocenters. The fourth-order valence-electron chi connectivity index (χ4n) is 3.34. The molecule has 1 aromatic carbocycles. The van der Waals surface area contributed by atoms with E-state index in [4.69, 9.17) is 19.6 Å². The van der Waals surface area contributed by atoms with Crippen LogP contribution in [0.2, 0.25) is 0 Å². The number of aromatic nitrogens is 2. The largest absolute Gasteiger partial charge is 0.497 e. The van der Waals surface area contributed by atoms with E-state index in [1.165, 1.54) is 0 Å². The zero-order valence-corrected chi connectivity index (χ0v) is 16.7. The molecule has 1 aliphatic rings. The van der Waals surface area contributed by atoms with Gasteiger partial charge in [0.2, 0.25) is 5.95 Å². The molecule has 0 saturated heterocycles. The number of carbonyl (C=O) groups is 1. The molecule has 29 heavy (non-hydrogen) atoms. The minimum atomic E-state index is -0.822. The molecule has 1 aliphatic carbocycles. The van der Waals surface area contributed by atoms with E-state index >= 15 is 0 Å². The molecule has 8 nitrogen and oxygen atoms in total. The fourth-order valence-corrected chi connectivity index (χ4v) is 3.34. The number of esters is 1. The Morgan fingerprint density at radius 3 is 2.28 bits per heavy atom. The average molecular weight is 398 g/mol. The van der Waals surface area contributed by atoms with Gasteiger partial charge in [0, 0.05) is 18.5 Å². The number of hydrogen-bond donors (Lipinski definition) is 2. The molecule has 2 N–H and O–H groups in total. The van der Waals surface area contributed by atoms with Crippen molar-refractivity contribution >= 4 is 17.6 Å². The van der Waals surface area contributed by atoms with Crippen LogP contribution in [0.5, 0.6) is 11.5 Å². The first-order valence-corrected chi connectivity index (χ1v) is 9.66. The third-order valence-corrected chi connectivity index (χ3v) is 4.88. The molecule has 1 aromatic heterocycles. The zero-order chi connectivity index (χ0) is 20.6. The van der Waals surface area contributed by atoms with Gasteiger partial charge in [-0.1, -0.05) is 6.42 Å². The maximum absolute atomic E-state index is 12.7. The second-order valence-corrected chi connectivity index (χ2v) is 6.87. The topological polar surface area (TPSA) is 106 Å². The van der Waals surface area contributed by atoms with E-state index in [0.717, 1.165) is 32.1 Å². The molecule has 0 amide bonds. The molecular formula is C21H26N4O4. The summed E-state index contributed by atoms with van der Waals surface area (Å²) in [4.78, 5) is 21.0. The molecule has 1 saturated carbocycles. The number of benzene rings is 1. The van der Waals surface area contributed by atoms with Gasteiger partial charge in [-0.2, -0.15) is 0 Å². The quantitative estimate of drug-likeness (QED) is 0.517. The van der Waals surface area contributed by atoms with Crippen LogP contribution in [0.4, 0.5) is 5.95 Å². The summed E-state index contributed by atoms with van der Waals surface area (Å²) in [6.07, 6.45) is 7.95. The van der Waals surface area contributed by atoms with Crippen molar-refractivity contribution < 1.29 is 19.0 Å². The van der Waals surface area contributed by atoms with Gasteiger partial charge in [0.25, 0.3) is 0 Å². The summed E-state index contributed by atoms with van der Waals surface area (Å²) in [5.41, 5.74) is 0.387. The second kappa shape index (κ2) is 9.86. The summed E-state index contributed by atoms with van der Waals surface area (Å²) in [5.74, 6) is 0.753. The van der Waals surface area contributed by atoms with Gasteiger partial charge in [0.15, 0.2) is 0 Å². The highest BCUT2D eigenvalue weighted by Crippen LogP contribution is 2.29. The van der Waals surface area contributed by atoms with Crippen LogP contribution in [0.3, 0.4) is 0 Å². The lowest BCUT2D eigenvalue weighted by Gasteiger charge is -2.24. The van der Waals surface area contributed by atoms with E-state index < -0.39 is 12.0 Å². The van der Waals surface area contributed by atoms with Crippen molar-refractivity contribution in [3.8, 4) is 11.5 Å². The lowest BCUT2D eigenvalue weighted by Crippen LogP contribution is -2.32. The summed E-state index contributed by atoms with van der Waals surface area (Å²) >= 11 is 0. The van der Waals surface area contributed by atoms with Crippen LogP contribution in [0.25, 0.3) is 0 Å². The number of rotatable bonds is 8. The normalized spacial score (nSPS) is 15.2. The highest BCUT2D eigenvalue weighted by molar-refractivity contribution is 6.37. The van der Waals surface area contributed by atoms with Gasteiger partial charge in [-0.3, -0.25) is 5.41 Å². The van der Waals surface area contributed by atoms with E-state index in [1.807, 2.05) is 0 Å². The summed E-state index contributed by atoms with van der Waals surface area (Å²) in [6, 6.07) is 6.08. The third kappa shape index (κ3) is 5.43. The van der Waals surface area contributed by atoms with E-state index in [1.54, 1.807) is 50.9 Å². The Kier molecular flexibility index (Phi) is 6.99. The molecule has 0 aliphatic heterocycles. The summed E-state index contributed by atoms with van der Waals surface area (Å²) in [6.45, 7) is 0. The minimum Gasteiger partial charge on any atom is -0.497 e. The predicted molar refractivity (Wildman–Crippen MR) is 109 cm³/mol. The van der Waals surface area contributed by atoms with E-state index in [9.17, 15) is 4.79 Å². The van der Waals surface area contributed by atoms with Crippen molar-refractivity contribution in [3.05, 3.63) is 42.2 Å². The SMILES string of the molecule is COc1cc(OC)cc(C(Nc2ncccn2)C(=N)C(=O)OC2CCCCC2)c1. The second-order valence-electron chi connectivity index (χ2n) is 6.87. The minimum absolute atomic E-state index is 0.134. The lowest BCUT2D eigenvalue weighted by atomic mass is 9.97. The molecule has 3 rings (SSSR count). The molecule has 0 bridgehead atoms. The molecule has 1 fully saturated rings. The monoisotopic (exact) mass is 398 g/mol. The first-order valence-electron chi connectivity index (χ1n) is 9.66. The Hall–Kier alpha value is -3.16. The van der Waals surface area contributed by atoms with Crippen LogP contribution < -0.4 is 14.8 Å². The van der Waals surface area contributed by atoms with Gasteiger partial charge in [-0.05, 0) is 49.4 Å². The number of nitrogens with one attached hydrogen (secondary N) is 2. The standard InChI is InChI=1S/C21H26N4O4/c1-27-16-11-14(12-17(13-16)28-2)19(25-21-23-9-6-10-24-21)18(22)20(26)29-15-7-4-3-5-8-15/h6,9-13,15,19,22H,3-5,7-8H2,1-2H3,(H,23,24,25). The molecule has 0 radical (unpaired) electrons. The zero-order valence-electron chi connectivity index (χ0n) is 16.7. The number of carbonyl (C=O) groups excluding carboxylic acids is 1. The molecule has 1 unspecified atom stereocenters. The van der Waals surface area contributed by atoms with Crippen molar-refractivity contribution in [3.63, 3.8) is 0 Å². The first kappa shape index (κ1) is 20.6. The Labute approximate surface area is 170 Å². The van der Waals surface area contributed by atoms with Crippen molar-refractivity contribution in [1.29, 1.82) is 5.41 Å². The molecule has 2 aromatic rings. The lowest BCUT2D eigenvalue weighted by molar-refractivity contribution is -0.142. The van der Waals surface area contributed by atoms with Gasteiger partial charge in [0.05, 0.1) is 14.2 Å². The molecular weight excluding hydrogens is 372 g/mol. The Bertz CT molecular complexity index is 816. The van der Waals surface area contributed by atoms with Crippen LogP contribution in [0, 0.1) is 5.41 Å². The summed E-state index contributed by atoms with van der Waals surface area (Å²) in [5, 5.41) is 11.6. The maximum Gasteiger partial charge on any atom is 0.354 e. The summed E-state index contributed by atoms with van der Waals surface area (Å²) in [7, 11) is 3.09. The van der Waals surface area contributed by atoms with Crippen molar-refractivity contribution in [2.24, 2.45) is 0 Å². The Balaban J connectivity index is 1.88.